The zero-order valence-electron chi connectivity index (χ0n) is 5.45. The Morgan fingerprint density at radius 1 is 1.67 bits per heavy atom. The molecule has 0 saturated carbocycles. The van der Waals surface area contributed by atoms with Crippen LogP contribution in [-0.2, 0) is 4.74 Å². The van der Waals surface area contributed by atoms with Crippen LogP contribution in [0.25, 0.3) is 0 Å². The Balaban J connectivity index is 2.41. The highest BCUT2D eigenvalue weighted by Crippen LogP contribution is 2.18. The Hall–Kier alpha value is -0.120. The fourth-order valence-electron chi connectivity index (χ4n) is 1.000. The molecular formula is C6H12O3. The van der Waals surface area contributed by atoms with Crippen molar-refractivity contribution in [2.75, 3.05) is 13.2 Å². The van der Waals surface area contributed by atoms with Crippen LogP contribution in [0, 0.1) is 5.92 Å². The minimum absolute atomic E-state index is 0.0779. The predicted molar refractivity (Wildman–Crippen MR) is 32.0 cm³/mol. The smallest absolute Gasteiger partial charge is 0.107 e. The van der Waals surface area contributed by atoms with Crippen molar-refractivity contribution in [2.45, 2.75) is 19.1 Å². The molecule has 0 amide bonds. The molecule has 0 unspecified atom stereocenters. The number of hydrogen-bond donors (Lipinski definition) is 2. The van der Waals surface area contributed by atoms with Crippen LogP contribution in [0.1, 0.15) is 6.92 Å². The second-order valence-electron chi connectivity index (χ2n) is 2.52. The number of ether oxygens (including phenoxy) is 1. The van der Waals surface area contributed by atoms with E-state index < -0.39 is 6.10 Å². The molecule has 3 nitrogen and oxygen atoms in total. The summed E-state index contributed by atoms with van der Waals surface area (Å²) in [6, 6.07) is 0. The van der Waals surface area contributed by atoms with Gasteiger partial charge in [-0.1, -0.05) is 6.92 Å². The summed E-state index contributed by atoms with van der Waals surface area (Å²) < 4.78 is 5.03. The molecule has 3 atom stereocenters. The monoisotopic (exact) mass is 132 g/mol. The fourth-order valence-corrected chi connectivity index (χ4v) is 1.000. The SMILES string of the molecule is C[C@H]1CO[C@H](CO)[C@H]1O. The highest BCUT2D eigenvalue weighted by molar-refractivity contribution is 4.79. The third-order valence-electron chi connectivity index (χ3n) is 1.72. The minimum Gasteiger partial charge on any atom is -0.394 e. The first-order valence-electron chi connectivity index (χ1n) is 3.16. The van der Waals surface area contributed by atoms with Crippen LogP contribution in [0.4, 0.5) is 0 Å². The van der Waals surface area contributed by atoms with Crippen molar-refractivity contribution in [2.24, 2.45) is 5.92 Å². The first kappa shape index (κ1) is 6.99. The number of rotatable bonds is 1. The van der Waals surface area contributed by atoms with Gasteiger partial charge in [-0.05, 0) is 0 Å². The second-order valence-corrected chi connectivity index (χ2v) is 2.52. The normalized spacial score (nSPS) is 43.7. The van der Waals surface area contributed by atoms with E-state index in [0.29, 0.717) is 6.61 Å². The van der Waals surface area contributed by atoms with Crippen LogP contribution in [0.15, 0.2) is 0 Å². The lowest BCUT2D eigenvalue weighted by atomic mass is 10.1. The van der Waals surface area contributed by atoms with Crippen LogP contribution >= 0.6 is 0 Å². The largest absolute Gasteiger partial charge is 0.394 e. The van der Waals surface area contributed by atoms with E-state index in [1.165, 1.54) is 0 Å². The van der Waals surface area contributed by atoms with E-state index in [2.05, 4.69) is 0 Å². The Kier molecular flexibility index (Phi) is 2.05. The van der Waals surface area contributed by atoms with E-state index >= 15 is 0 Å². The van der Waals surface area contributed by atoms with E-state index in [0.717, 1.165) is 0 Å². The van der Waals surface area contributed by atoms with E-state index in [-0.39, 0.29) is 18.6 Å². The van der Waals surface area contributed by atoms with E-state index in [1.54, 1.807) is 0 Å². The van der Waals surface area contributed by atoms with E-state index in [1.807, 2.05) is 6.92 Å². The van der Waals surface area contributed by atoms with Gasteiger partial charge in [0, 0.05) is 5.92 Å². The highest BCUT2D eigenvalue weighted by atomic mass is 16.5. The van der Waals surface area contributed by atoms with E-state index in [9.17, 15) is 5.11 Å². The Labute approximate surface area is 54.3 Å². The molecule has 1 fully saturated rings. The molecule has 0 aromatic carbocycles. The maximum Gasteiger partial charge on any atom is 0.107 e. The average molecular weight is 132 g/mol. The average Bonchev–Trinajstić information content (AvgIpc) is 2.15. The lowest BCUT2D eigenvalue weighted by Gasteiger charge is -2.10. The van der Waals surface area contributed by atoms with Gasteiger partial charge in [0.1, 0.15) is 6.10 Å². The fraction of sp³-hybridized carbons (Fsp3) is 1.00. The van der Waals surface area contributed by atoms with Crippen LogP contribution in [0.2, 0.25) is 0 Å². The molecular weight excluding hydrogens is 120 g/mol. The second kappa shape index (κ2) is 2.64. The summed E-state index contributed by atoms with van der Waals surface area (Å²) in [6.45, 7) is 2.39. The molecule has 1 aliphatic rings. The molecule has 9 heavy (non-hydrogen) atoms. The van der Waals surface area contributed by atoms with Gasteiger partial charge < -0.3 is 14.9 Å². The minimum atomic E-state index is -0.477. The molecule has 0 aromatic rings. The van der Waals surface area contributed by atoms with Crippen molar-refractivity contribution < 1.29 is 14.9 Å². The maximum atomic E-state index is 9.17. The summed E-state index contributed by atoms with van der Waals surface area (Å²) in [7, 11) is 0. The molecule has 54 valence electrons. The summed E-state index contributed by atoms with van der Waals surface area (Å²) in [4.78, 5) is 0. The van der Waals surface area contributed by atoms with Crippen molar-refractivity contribution in [1.82, 2.24) is 0 Å². The molecule has 1 rings (SSSR count). The molecule has 0 aromatic heterocycles. The molecule has 0 radical (unpaired) electrons. The summed E-state index contributed by atoms with van der Waals surface area (Å²) in [6.07, 6.45) is -0.824. The van der Waals surface area contributed by atoms with Crippen LogP contribution in [-0.4, -0.2) is 35.6 Å². The summed E-state index contributed by atoms with van der Waals surface area (Å²) in [5, 5.41) is 17.7. The Bertz CT molecular complexity index is 94.3. The van der Waals surface area contributed by atoms with Crippen LogP contribution in [0.3, 0.4) is 0 Å². The van der Waals surface area contributed by atoms with Crippen LogP contribution in [0.5, 0.6) is 0 Å². The summed E-state index contributed by atoms with van der Waals surface area (Å²) in [5.74, 6) is 0.169. The summed E-state index contributed by atoms with van der Waals surface area (Å²) in [5.41, 5.74) is 0. The number of aliphatic hydroxyl groups excluding tert-OH is 2. The lowest BCUT2D eigenvalue weighted by molar-refractivity contribution is 0.00208. The van der Waals surface area contributed by atoms with Crippen molar-refractivity contribution >= 4 is 0 Å². The standard InChI is InChI=1S/C6H12O3/c1-4-3-9-5(2-7)6(4)8/h4-8H,2-3H2,1H3/t4-,5+,6-/m0/s1. The molecule has 1 saturated heterocycles. The number of aliphatic hydroxyl groups is 2. The van der Waals surface area contributed by atoms with Crippen molar-refractivity contribution in [3.05, 3.63) is 0 Å². The first-order valence-corrected chi connectivity index (χ1v) is 3.16. The lowest BCUT2D eigenvalue weighted by Crippen LogP contribution is -2.27. The zero-order chi connectivity index (χ0) is 6.85. The topological polar surface area (TPSA) is 49.7 Å². The third kappa shape index (κ3) is 1.23. The third-order valence-corrected chi connectivity index (χ3v) is 1.72. The van der Waals surface area contributed by atoms with Gasteiger partial charge in [-0.15, -0.1) is 0 Å². The van der Waals surface area contributed by atoms with Crippen LogP contribution < -0.4 is 0 Å². The molecule has 3 heteroatoms. The van der Waals surface area contributed by atoms with Crippen molar-refractivity contribution in [3.63, 3.8) is 0 Å². The first-order chi connectivity index (χ1) is 4.25. The molecule has 0 aliphatic carbocycles. The quantitative estimate of drug-likeness (QED) is 0.499. The van der Waals surface area contributed by atoms with Gasteiger partial charge >= 0.3 is 0 Å². The predicted octanol–water partition coefficient (Wildman–Crippen LogP) is -0.626. The molecule has 1 heterocycles. The van der Waals surface area contributed by atoms with Gasteiger partial charge in [0.25, 0.3) is 0 Å². The van der Waals surface area contributed by atoms with Gasteiger partial charge in [0.15, 0.2) is 0 Å². The van der Waals surface area contributed by atoms with Gasteiger partial charge in [0.05, 0.1) is 19.3 Å². The molecule has 2 N–H and O–H groups in total. The number of hydrogen-bond acceptors (Lipinski definition) is 3. The Morgan fingerprint density at radius 2 is 2.33 bits per heavy atom. The van der Waals surface area contributed by atoms with E-state index in [4.69, 9.17) is 9.84 Å². The van der Waals surface area contributed by atoms with Gasteiger partial charge in [0.2, 0.25) is 0 Å². The maximum absolute atomic E-state index is 9.17. The molecule has 0 bridgehead atoms. The van der Waals surface area contributed by atoms with Crippen molar-refractivity contribution in [3.8, 4) is 0 Å². The molecule has 1 aliphatic heterocycles. The summed E-state index contributed by atoms with van der Waals surface area (Å²) >= 11 is 0. The van der Waals surface area contributed by atoms with Gasteiger partial charge in [-0.2, -0.15) is 0 Å². The van der Waals surface area contributed by atoms with Crippen molar-refractivity contribution in [1.29, 1.82) is 0 Å². The molecule has 0 spiro atoms. The highest BCUT2D eigenvalue weighted by Gasteiger charge is 2.31. The zero-order valence-corrected chi connectivity index (χ0v) is 5.45. The van der Waals surface area contributed by atoms with Gasteiger partial charge in [-0.25, -0.2) is 0 Å². The van der Waals surface area contributed by atoms with Gasteiger partial charge in [-0.3, -0.25) is 0 Å². The Morgan fingerprint density at radius 3 is 2.56 bits per heavy atom.